The summed E-state index contributed by atoms with van der Waals surface area (Å²) in [5.74, 6) is -0.281. The number of nitrogen functional groups attached to an aromatic ring is 1. The van der Waals surface area contributed by atoms with E-state index in [0.29, 0.717) is 23.2 Å². The zero-order chi connectivity index (χ0) is 17.0. The molecule has 1 aromatic heterocycles. The summed E-state index contributed by atoms with van der Waals surface area (Å²) < 4.78 is 14.1. The first-order valence-electron chi connectivity index (χ1n) is 6.92. The predicted molar refractivity (Wildman–Crippen MR) is 86.3 cm³/mol. The van der Waals surface area contributed by atoms with Crippen molar-refractivity contribution in [1.29, 1.82) is 5.41 Å². The van der Waals surface area contributed by atoms with Crippen molar-refractivity contribution in [3.05, 3.63) is 57.0 Å². The molecule has 7 nitrogen and oxygen atoms in total. The molecule has 2 aromatic rings. The van der Waals surface area contributed by atoms with Crippen LogP contribution in [-0.4, -0.2) is 16.1 Å². The highest BCUT2D eigenvalue weighted by Gasteiger charge is 2.19. The van der Waals surface area contributed by atoms with Crippen LogP contribution in [0.5, 0.6) is 0 Å². The molecular formula is C15H16FN5O2. The Hall–Kier alpha value is -3.03. The number of anilines is 2. The van der Waals surface area contributed by atoms with Gasteiger partial charge < -0.3 is 16.5 Å². The van der Waals surface area contributed by atoms with Crippen molar-refractivity contribution in [3.63, 3.8) is 0 Å². The summed E-state index contributed by atoms with van der Waals surface area (Å²) in [5, 5.41) is 21.3. The molecule has 0 unspecified atom stereocenters. The summed E-state index contributed by atoms with van der Waals surface area (Å²) in [7, 11) is 0. The molecule has 1 heterocycles. The van der Waals surface area contributed by atoms with E-state index in [1.54, 1.807) is 13.0 Å². The molecule has 0 aliphatic heterocycles. The average Bonchev–Trinajstić information content (AvgIpc) is 2.54. The van der Waals surface area contributed by atoms with E-state index >= 15 is 0 Å². The number of benzene rings is 1. The van der Waals surface area contributed by atoms with Gasteiger partial charge in [0.2, 0.25) is 0 Å². The van der Waals surface area contributed by atoms with Gasteiger partial charge >= 0.3 is 0 Å². The van der Waals surface area contributed by atoms with Crippen molar-refractivity contribution < 1.29 is 9.31 Å². The zero-order valence-electron chi connectivity index (χ0n) is 12.5. The molecule has 0 amide bonds. The Balaban J connectivity index is 2.31. The summed E-state index contributed by atoms with van der Waals surface area (Å²) in [6.07, 6.45) is 2.87. The van der Waals surface area contributed by atoms with E-state index in [2.05, 4.69) is 10.3 Å². The molecular weight excluding hydrogens is 301 g/mol. The van der Waals surface area contributed by atoms with E-state index in [9.17, 15) is 14.5 Å². The maximum Gasteiger partial charge on any atom is 0.273 e. The van der Waals surface area contributed by atoms with Gasteiger partial charge in [0.25, 0.3) is 5.69 Å². The number of nitrogens with zero attached hydrogens (tertiary/aromatic N) is 2. The van der Waals surface area contributed by atoms with Crippen LogP contribution in [0.1, 0.15) is 23.6 Å². The second kappa shape index (κ2) is 6.82. The van der Waals surface area contributed by atoms with Crippen LogP contribution in [0, 0.1) is 21.3 Å². The van der Waals surface area contributed by atoms with Gasteiger partial charge in [-0.3, -0.25) is 10.1 Å². The SMILES string of the molecule is CCc1c([N+](=O)[O-])ccc(F)c1CNc1cnc(N)c(C=N)c1. The molecule has 0 spiro atoms. The van der Waals surface area contributed by atoms with Crippen molar-refractivity contribution >= 4 is 23.4 Å². The Labute approximate surface area is 132 Å². The second-order valence-corrected chi connectivity index (χ2v) is 4.83. The lowest BCUT2D eigenvalue weighted by atomic mass is 10.0. The fourth-order valence-corrected chi connectivity index (χ4v) is 2.30. The third kappa shape index (κ3) is 3.42. The number of aromatic nitrogens is 1. The van der Waals surface area contributed by atoms with Crippen molar-refractivity contribution in [2.75, 3.05) is 11.1 Å². The molecule has 0 fully saturated rings. The molecule has 0 saturated carbocycles. The van der Waals surface area contributed by atoms with Gasteiger partial charge in [0.05, 0.1) is 16.8 Å². The first-order chi connectivity index (χ1) is 11.0. The number of nitrogens with one attached hydrogen (secondary N) is 2. The van der Waals surface area contributed by atoms with Gasteiger partial charge in [0.1, 0.15) is 11.6 Å². The number of pyridine rings is 1. The molecule has 120 valence electrons. The summed E-state index contributed by atoms with van der Waals surface area (Å²) in [6.45, 7) is 1.81. The Kier molecular flexibility index (Phi) is 4.85. The molecule has 0 aliphatic carbocycles. The fraction of sp³-hybridized carbons (Fsp3) is 0.200. The lowest BCUT2D eigenvalue weighted by Gasteiger charge is -2.12. The summed E-state index contributed by atoms with van der Waals surface area (Å²) in [6, 6.07) is 3.88. The van der Waals surface area contributed by atoms with Gasteiger partial charge in [0, 0.05) is 35.5 Å². The maximum absolute atomic E-state index is 14.1. The number of halogens is 1. The van der Waals surface area contributed by atoms with Crippen molar-refractivity contribution in [3.8, 4) is 0 Å². The van der Waals surface area contributed by atoms with E-state index < -0.39 is 10.7 Å². The first-order valence-corrected chi connectivity index (χ1v) is 6.92. The topological polar surface area (TPSA) is 118 Å². The van der Waals surface area contributed by atoms with Gasteiger partial charge in [-0.15, -0.1) is 0 Å². The van der Waals surface area contributed by atoms with E-state index in [1.807, 2.05) is 0 Å². The molecule has 2 rings (SSSR count). The van der Waals surface area contributed by atoms with Gasteiger partial charge in [-0.2, -0.15) is 0 Å². The van der Waals surface area contributed by atoms with E-state index in [1.165, 1.54) is 12.3 Å². The molecule has 4 N–H and O–H groups in total. The minimum Gasteiger partial charge on any atom is -0.383 e. The summed E-state index contributed by atoms with van der Waals surface area (Å²) in [4.78, 5) is 14.5. The maximum atomic E-state index is 14.1. The van der Waals surface area contributed by atoms with Crippen LogP contribution in [0.3, 0.4) is 0 Å². The normalized spacial score (nSPS) is 10.3. The van der Waals surface area contributed by atoms with Gasteiger partial charge in [0.15, 0.2) is 0 Å². The van der Waals surface area contributed by atoms with Crippen molar-refractivity contribution in [2.45, 2.75) is 19.9 Å². The van der Waals surface area contributed by atoms with Crippen molar-refractivity contribution in [2.24, 2.45) is 0 Å². The number of nitro groups is 1. The van der Waals surface area contributed by atoms with Gasteiger partial charge in [-0.25, -0.2) is 9.37 Å². The van der Waals surface area contributed by atoms with Gasteiger partial charge in [-0.05, 0) is 18.6 Å². The third-order valence-electron chi connectivity index (χ3n) is 3.47. The highest BCUT2D eigenvalue weighted by molar-refractivity contribution is 5.84. The molecule has 23 heavy (non-hydrogen) atoms. The molecule has 0 bridgehead atoms. The predicted octanol–water partition coefficient (Wildman–Crippen LogP) is 2.88. The van der Waals surface area contributed by atoms with Crippen LogP contribution in [0.25, 0.3) is 0 Å². The Morgan fingerprint density at radius 2 is 2.22 bits per heavy atom. The monoisotopic (exact) mass is 317 g/mol. The van der Waals surface area contributed by atoms with E-state index in [-0.39, 0.29) is 23.6 Å². The molecule has 8 heteroatoms. The lowest BCUT2D eigenvalue weighted by molar-refractivity contribution is -0.385. The molecule has 0 atom stereocenters. The first kappa shape index (κ1) is 16.3. The second-order valence-electron chi connectivity index (χ2n) is 4.83. The molecule has 0 aliphatic rings. The third-order valence-corrected chi connectivity index (χ3v) is 3.47. The minimum absolute atomic E-state index is 0.0692. The molecule has 1 aromatic carbocycles. The van der Waals surface area contributed by atoms with Crippen LogP contribution < -0.4 is 11.1 Å². The smallest absolute Gasteiger partial charge is 0.273 e. The minimum atomic E-state index is -0.514. The quantitative estimate of drug-likeness (QED) is 0.430. The number of hydrogen-bond acceptors (Lipinski definition) is 6. The van der Waals surface area contributed by atoms with Crippen LogP contribution in [0.4, 0.5) is 21.6 Å². The number of hydrogen-bond donors (Lipinski definition) is 3. The van der Waals surface area contributed by atoms with Crippen molar-refractivity contribution in [1.82, 2.24) is 4.98 Å². The lowest BCUT2D eigenvalue weighted by Crippen LogP contribution is -2.09. The standard InChI is InChI=1S/C15H16FN5O2/c1-2-11-12(13(16)3-4-14(11)21(22)23)8-19-10-5-9(6-17)15(18)20-7-10/h3-7,17,19H,2,8H2,1H3,(H2,18,20). The molecule has 0 radical (unpaired) electrons. The Bertz CT molecular complexity index is 764. The number of nitro benzene ring substituents is 1. The zero-order valence-corrected chi connectivity index (χ0v) is 12.5. The van der Waals surface area contributed by atoms with Crippen LogP contribution in [-0.2, 0) is 13.0 Å². The van der Waals surface area contributed by atoms with Crippen LogP contribution in [0.2, 0.25) is 0 Å². The highest BCUT2D eigenvalue weighted by atomic mass is 19.1. The highest BCUT2D eigenvalue weighted by Crippen LogP contribution is 2.26. The Morgan fingerprint density at radius 1 is 1.48 bits per heavy atom. The summed E-state index contributed by atoms with van der Waals surface area (Å²) >= 11 is 0. The largest absolute Gasteiger partial charge is 0.383 e. The van der Waals surface area contributed by atoms with Crippen LogP contribution in [0.15, 0.2) is 24.4 Å². The summed E-state index contributed by atoms with van der Waals surface area (Å²) in [5.41, 5.74) is 7.10. The Morgan fingerprint density at radius 3 is 2.83 bits per heavy atom. The molecule has 0 saturated heterocycles. The van der Waals surface area contributed by atoms with Crippen LogP contribution >= 0.6 is 0 Å². The van der Waals surface area contributed by atoms with Gasteiger partial charge in [-0.1, -0.05) is 6.92 Å². The average molecular weight is 317 g/mol. The van der Waals surface area contributed by atoms with E-state index in [0.717, 1.165) is 12.3 Å². The number of rotatable bonds is 6. The van der Waals surface area contributed by atoms with E-state index in [4.69, 9.17) is 11.1 Å². The number of nitrogens with two attached hydrogens (primary N) is 1. The fourth-order valence-electron chi connectivity index (χ4n) is 2.30.